The van der Waals surface area contributed by atoms with E-state index in [4.69, 9.17) is 16.9 Å². The summed E-state index contributed by atoms with van der Waals surface area (Å²) in [5.41, 5.74) is 10.4. The predicted molar refractivity (Wildman–Crippen MR) is 126 cm³/mol. The molecule has 0 bridgehead atoms. The minimum absolute atomic E-state index is 0.121. The van der Waals surface area contributed by atoms with Gasteiger partial charge in [-0.3, -0.25) is 10.00 Å². The van der Waals surface area contributed by atoms with Crippen LogP contribution >= 0.6 is 11.3 Å². The lowest BCUT2D eigenvalue weighted by atomic mass is 9.90. The number of carbonyl (C=O) groups excluding carboxylic acids is 2. The highest BCUT2D eigenvalue weighted by atomic mass is 32.1. The number of nitrogens with one attached hydrogen (secondary N) is 2. The molecule has 4 rings (SSSR count). The molecule has 0 radical (unpaired) electrons. The second-order valence-corrected chi connectivity index (χ2v) is 8.23. The van der Waals surface area contributed by atoms with Crippen LogP contribution in [0.25, 0.3) is 5.57 Å². The zero-order valence-corrected chi connectivity index (χ0v) is 18.7. The first-order valence-corrected chi connectivity index (χ1v) is 11.1. The Kier molecular flexibility index (Phi) is 6.42. The van der Waals surface area contributed by atoms with Gasteiger partial charge in [-0.1, -0.05) is 30.3 Å². The summed E-state index contributed by atoms with van der Waals surface area (Å²) >= 11 is 1.25. The Morgan fingerprint density at radius 3 is 2.85 bits per heavy atom. The maximum absolute atomic E-state index is 12.5. The molecule has 0 saturated heterocycles. The number of fused-ring (bicyclic) bond motifs is 1. The van der Waals surface area contributed by atoms with Gasteiger partial charge in [0.25, 0.3) is 0 Å². The Labute approximate surface area is 194 Å². The third-order valence-corrected chi connectivity index (χ3v) is 6.05. The van der Waals surface area contributed by atoms with Crippen molar-refractivity contribution >= 4 is 34.9 Å². The highest BCUT2D eigenvalue weighted by Crippen LogP contribution is 2.32. The van der Waals surface area contributed by atoms with Crippen LogP contribution in [0.5, 0.6) is 0 Å². The van der Waals surface area contributed by atoms with Crippen molar-refractivity contribution in [1.29, 1.82) is 0 Å². The monoisotopic (exact) mass is 462 g/mol. The Morgan fingerprint density at radius 1 is 1.36 bits per heavy atom. The summed E-state index contributed by atoms with van der Waals surface area (Å²) in [4.78, 5) is 27.7. The molecule has 1 aliphatic rings. The molecule has 4 N–H and O–H groups in total. The summed E-state index contributed by atoms with van der Waals surface area (Å²) in [5.74, 6) is 2.75. The number of allylic oxidation sites excluding steroid dienone is 1. The van der Waals surface area contributed by atoms with Crippen molar-refractivity contribution in [3.63, 3.8) is 0 Å². The normalized spacial score (nSPS) is 13.3. The summed E-state index contributed by atoms with van der Waals surface area (Å²) in [6.45, 7) is -0.121. The molecule has 168 valence electrons. The van der Waals surface area contributed by atoms with Crippen molar-refractivity contribution in [2.75, 3.05) is 11.9 Å². The summed E-state index contributed by atoms with van der Waals surface area (Å²) in [7, 11) is 1.95. The minimum atomic E-state index is -0.923. The molecule has 10 heteroatoms. The molecule has 2 heterocycles. The third kappa shape index (κ3) is 5.05. The number of aryl methyl sites for hydroxylation is 1. The molecule has 0 unspecified atom stereocenters. The van der Waals surface area contributed by atoms with E-state index in [-0.39, 0.29) is 6.61 Å². The van der Waals surface area contributed by atoms with Gasteiger partial charge >= 0.3 is 12.1 Å². The fourth-order valence-electron chi connectivity index (χ4n) is 3.71. The van der Waals surface area contributed by atoms with E-state index >= 15 is 0 Å². The van der Waals surface area contributed by atoms with Gasteiger partial charge in [0.2, 0.25) is 0 Å². The lowest BCUT2D eigenvalue weighted by Crippen LogP contribution is -2.36. The largest absolute Gasteiger partial charge is 0.447 e. The molecule has 2 aromatic heterocycles. The molecule has 1 atom stereocenters. The number of rotatable bonds is 6. The smallest absolute Gasteiger partial charge is 0.404 e. The van der Waals surface area contributed by atoms with Crippen LogP contribution < -0.4 is 16.4 Å². The summed E-state index contributed by atoms with van der Waals surface area (Å²) in [6, 6.07) is 6.58. The fraction of sp³-hybridized carbons (Fsp3) is 0.217. The van der Waals surface area contributed by atoms with Gasteiger partial charge in [0.05, 0.1) is 12.2 Å². The van der Waals surface area contributed by atoms with Crippen LogP contribution in [-0.2, 0) is 18.2 Å². The topological polar surface area (TPSA) is 124 Å². The van der Waals surface area contributed by atoms with Gasteiger partial charge in [0, 0.05) is 23.7 Å². The number of ether oxygens (including phenoxy) is 1. The average molecular weight is 463 g/mol. The molecule has 3 aromatic rings. The SMILES string of the molecule is C#Cc1nc(NC(=O)N[C@@H](COC(N)=O)c2ccc(C3=CCCc4c3cnn4C)cc2)cs1. The first kappa shape index (κ1) is 22.1. The number of thiazole rings is 1. The molecule has 0 fully saturated rings. The number of benzene rings is 1. The van der Waals surface area contributed by atoms with Crippen LogP contribution in [0.4, 0.5) is 15.4 Å². The lowest BCUT2D eigenvalue weighted by Gasteiger charge is -2.20. The number of anilines is 1. The molecule has 0 saturated carbocycles. The molecular weight excluding hydrogens is 440 g/mol. The quantitative estimate of drug-likeness (QED) is 0.485. The van der Waals surface area contributed by atoms with Gasteiger partial charge < -0.3 is 15.8 Å². The number of primary amides is 1. The van der Waals surface area contributed by atoms with Gasteiger partial charge in [-0.25, -0.2) is 14.6 Å². The van der Waals surface area contributed by atoms with Gasteiger partial charge in [-0.2, -0.15) is 5.10 Å². The van der Waals surface area contributed by atoms with Crippen molar-refractivity contribution in [3.8, 4) is 12.3 Å². The van der Waals surface area contributed by atoms with Crippen molar-refractivity contribution in [2.24, 2.45) is 12.8 Å². The van der Waals surface area contributed by atoms with E-state index in [2.05, 4.69) is 32.7 Å². The maximum atomic E-state index is 12.5. The second kappa shape index (κ2) is 9.58. The number of nitrogens with two attached hydrogens (primary N) is 1. The summed E-state index contributed by atoms with van der Waals surface area (Å²) in [6.07, 6.45) is 10.4. The standard InChI is InChI=1S/C23H22N6O3S/c1-3-21-27-20(13-33-21)28-23(31)26-18(12-32-22(24)30)15-9-7-14(8-10-15)16-5-4-6-19-17(16)11-25-29(19)2/h1,5,7-11,13,18H,4,6,12H2,2H3,(H2,24,30)(H2,26,28,31)/t18-/m0/s1. The first-order valence-electron chi connectivity index (χ1n) is 10.2. The Balaban J connectivity index is 1.51. The van der Waals surface area contributed by atoms with Gasteiger partial charge in [0.15, 0.2) is 5.01 Å². The number of urea groups is 1. The van der Waals surface area contributed by atoms with Crippen LogP contribution in [0.3, 0.4) is 0 Å². The average Bonchev–Trinajstić information content (AvgIpc) is 3.43. The highest BCUT2D eigenvalue weighted by molar-refractivity contribution is 7.10. The minimum Gasteiger partial charge on any atom is -0.447 e. The third-order valence-electron chi connectivity index (χ3n) is 5.27. The molecule has 9 nitrogen and oxygen atoms in total. The van der Waals surface area contributed by atoms with Gasteiger partial charge in [-0.05, 0) is 35.5 Å². The van der Waals surface area contributed by atoms with Crippen molar-refractivity contribution in [1.82, 2.24) is 20.1 Å². The van der Waals surface area contributed by atoms with E-state index in [1.54, 1.807) is 5.38 Å². The maximum Gasteiger partial charge on any atom is 0.404 e. The van der Waals surface area contributed by atoms with E-state index in [0.29, 0.717) is 10.8 Å². The van der Waals surface area contributed by atoms with Crippen LogP contribution in [-0.4, -0.2) is 33.5 Å². The molecular formula is C23H22N6O3S. The molecule has 33 heavy (non-hydrogen) atoms. The number of terminal acetylenes is 1. The fourth-order valence-corrected chi connectivity index (χ4v) is 4.26. The van der Waals surface area contributed by atoms with Crippen molar-refractivity contribution in [3.05, 3.63) is 69.3 Å². The number of aromatic nitrogens is 3. The second-order valence-electron chi connectivity index (χ2n) is 7.37. The van der Waals surface area contributed by atoms with E-state index in [1.165, 1.54) is 17.0 Å². The van der Waals surface area contributed by atoms with E-state index in [9.17, 15) is 9.59 Å². The number of amides is 3. The molecule has 0 spiro atoms. The van der Waals surface area contributed by atoms with Crippen LogP contribution in [0.2, 0.25) is 0 Å². The zero-order valence-electron chi connectivity index (χ0n) is 17.9. The Hall–Kier alpha value is -4.10. The molecule has 1 aromatic carbocycles. The van der Waals surface area contributed by atoms with Gasteiger partial charge in [-0.15, -0.1) is 17.8 Å². The Bertz CT molecular complexity index is 1250. The molecule has 0 aliphatic heterocycles. The summed E-state index contributed by atoms with van der Waals surface area (Å²) < 4.78 is 6.87. The summed E-state index contributed by atoms with van der Waals surface area (Å²) in [5, 5.41) is 11.9. The zero-order chi connectivity index (χ0) is 23.4. The van der Waals surface area contributed by atoms with Gasteiger partial charge in [0.1, 0.15) is 12.4 Å². The van der Waals surface area contributed by atoms with Crippen LogP contribution in [0.15, 0.2) is 41.9 Å². The predicted octanol–water partition coefficient (Wildman–Crippen LogP) is 3.19. The molecule has 1 aliphatic carbocycles. The van der Waals surface area contributed by atoms with E-state index in [1.807, 2.05) is 42.2 Å². The number of hydrogen-bond acceptors (Lipinski definition) is 6. The highest BCUT2D eigenvalue weighted by Gasteiger charge is 2.20. The van der Waals surface area contributed by atoms with Crippen LogP contribution in [0.1, 0.15) is 39.9 Å². The van der Waals surface area contributed by atoms with Crippen molar-refractivity contribution in [2.45, 2.75) is 18.9 Å². The number of hydrogen-bond donors (Lipinski definition) is 3. The van der Waals surface area contributed by atoms with Crippen LogP contribution in [0, 0.1) is 12.3 Å². The Morgan fingerprint density at radius 2 is 2.15 bits per heavy atom. The number of nitrogens with zero attached hydrogens (tertiary/aromatic N) is 3. The first-order chi connectivity index (χ1) is 15.9. The van der Waals surface area contributed by atoms with Crippen molar-refractivity contribution < 1.29 is 14.3 Å². The lowest BCUT2D eigenvalue weighted by molar-refractivity contribution is 0.144. The molecule has 3 amide bonds. The number of carbonyl (C=O) groups is 2. The van der Waals surface area contributed by atoms with E-state index in [0.717, 1.165) is 35.1 Å². The van der Waals surface area contributed by atoms with E-state index < -0.39 is 18.2 Å².